The van der Waals surface area contributed by atoms with Crippen LogP contribution >= 0.6 is 12.4 Å². The third-order valence-corrected chi connectivity index (χ3v) is 4.30. The molecule has 0 spiro atoms. The fraction of sp³-hybridized carbons (Fsp3) is 0.389. The predicted molar refractivity (Wildman–Crippen MR) is 93.3 cm³/mol. The van der Waals surface area contributed by atoms with Gasteiger partial charge in [-0.1, -0.05) is 42.5 Å². The number of amides is 1. The van der Waals surface area contributed by atoms with Crippen LogP contribution in [-0.4, -0.2) is 19.0 Å². The second-order valence-electron chi connectivity index (χ2n) is 5.81. The number of rotatable bonds is 5. The average molecular weight is 319 g/mol. The van der Waals surface area contributed by atoms with Gasteiger partial charge in [0.15, 0.2) is 0 Å². The molecule has 1 saturated heterocycles. The molecule has 0 bridgehead atoms. The molecular weight excluding hydrogens is 296 g/mol. The van der Waals surface area contributed by atoms with Crippen LogP contribution in [0.15, 0.2) is 42.5 Å². The summed E-state index contributed by atoms with van der Waals surface area (Å²) in [4.78, 5) is 12.0. The molecule has 2 aromatic carbocycles. The Balaban J connectivity index is 0.00000176. The molecular formula is C18H23ClN2O. The summed E-state index contributed by atoms with van der Waals surface area (Å²) in [5.74, 6) is 0.836. The molecule has 4 heteroatoms. The fourth-order valence-electron chi connectivity index (χ4n) is 3.02. The molecule has 0 aliphatic carbocycles. The van der Waals surface area contributed by atoms with Gasteiger partial charge in [0.1, 0.15) is 0 Å². The van der Waals surface area contributed by atoms with Crippen molar-refractivity contribution in [1.29, 1.82) is 0 Å². The Morgan fingerprint density at radius 2 is 2.00 bits per heavy atom. The minimum Gasteiger partial charge on any atom is -0.352 e. The molecule has 1 unspecified atom stereocenters. The second kappa shape index (κ2) is 8.16. The van der Waals surface area contributed by atoms with E-state index in [1.807, 2.05) is 18.2 Å². The van der Waals surface area contributed by atoms with E-state index in [-0.39, 0.29) is 18.3 Å². The van der Waals surface area contributed by atoms with Crippen molar-refractivity contribution in [3.63, 3.8) is 0 Å². The van der Waals surface area contributed by atoms with Crippen molar-refractivity contribution in [2.24, 2.45) is 5.92 Å². The van der Waals surface area contributed by atoms with Gasteiger partial charge in [-0.15, -0.1) is 12.4 Å². The summed E-state index contributed by atoms with van der Waals surface area (Å²) in [6, 6.07) is 14.5. The largest absolute Gasteiger partial charge is 0.352 e. The zero-order valence-corrected chi connectivity index (χ0v) is 13.5. The van der Waals surface area contributed by atoms with Crippen LogP contribution in [0.4, 0.5) is 0 Å². The molecule has 0 saturated carbocycles. The Bertz CT molecular complexity index is 618. The summed E-state index contributed by atoms with van der Waals surface area (Å²) in [5.41, 5.74) is 1.18. The van der Waals surface area contributed by atoms with Crippen molar-refractivity contribution >= 4 is 29.1 Å². The van der Waals surface area contributed by atoms with Crippen LogP contribution in [0.1, 0.15) is 24.8 Å². The number of carbonyl (C=O) groups is 1. The van der Waals surface area contributed by atoms with Crippen LogP contribution in [0.5, 0.6) is 0 Å². The summed E-state index contributed by atoms with van der Waals surface area (Å²) in [6.45, 7) is 2.78. The maximum Gasteiger partial charge on any atom is 0.220 e. The third kappa shape index (κ3) is 4.21. The molecule has 2 aromatic rings. The Labute approximate surface area is 137 Å². The van der Waals surface area contributed by atoms with Gasteiger partial charge in [-0.3, -0.25) is 4.79 Å². The zero-order chi connectivity index (χ0) is 14.5. The van der Waals surface area contributed by atoms with E-state index in [0.29, 0.717) is 18.9 Å². The first-order valence-corrected chi connectivity index (χ1v) is 7.77. The summed E-state index contributed by atoms with van der Waals surface area (Å²) in [6.07, 6.45) is 2.84. The van der Waals surface area contributed by atoms with E-state index in [0.717, 1.165) is 19.5 Å². The van der Waals surface area contributed by atoms with E-state index in [2.05, 4.69) is 34.9 Å². The lowest BCUT2D eigenvalue weighted by Gasteiger charge is -2.10. The van der Waals surface area contributed by atoms with Crippen LogP contribution in [0, 0.1) is 5.92 Å². The van der Waals surface area contributed by atoms with Gasteiger partial charge in [0, 0.05) is 13.0 Å². The summed E-state index contributed by atoms with van der Waals surface area (Å²) in [7, 11) is 0. The monoisotopic (exact) mass is 318 g/mol. The standard InChI is InChI=1S/C18H22N2O.ClH/c21-18(9-8-14-10-11-19-12-14)20-13-16-6-3-5-15-4-1-2-7-17(15)16;/h1-7,14,19H,8-13H2,(H,20,21);1H. The number of hydrogen-bond donors (Lipinski definition) is 2. The first-order chi connectivity index (χ1) is 10.3. The molecule has 1 aliphatic rings. The number of fused-ring (bicyclic) bond motifs is 1. The van der Waals surface area contributed by atoms with Crippen molar-refractivity contribution < 1.29 is 4.79 Å². The normalized spacial score (nSPS) is 17.2. The van der Waals surface area contributed by atoms with Crippen molar-refractivity contribution in [3.8, 4) is 0 Å². The SMILES string of the molecule is Cl.O=C(CCC1CCNC1)NCc1cccc2ccccc12. The van der Waals surface area contributed by atoms with Crippen molar-refractivity contribution in [3.05, 3.63) is 48.0 Å². The maximum absolute atomic E-state index is 12.0. The molecule has 1 fully saturated rings. The second-order valence-corrected chi connectivity index (χ2v) is 5.81. The quantitative estimate of drug-likeness (QED) is 0.888. The van der Waals surface area contributed by atoms with Crippen LogP contribution < -0.4 is 10.6 Å². The number of halogens is 1. The highest BCUT2D eigenvalue weighted by atomic mass is 35.5. The lowest BCUT2D eigenvalue weighted by atomic mass is 10.0. The highest BCUT2D eigenvalue weighted by Crippen LogP contribution is 2.18. The van der Waals surface area contributed by atoms with Crippen LogP contribution in [0.2, 0.25) is 0 Å². The Morgan fingerprint density at radius 3 is 2.82 bits per heavy atom. The Morgan fingerprint density at radius 1 is 1.18 bits per heavy atom. The first-order valence-electron chi connectivity index (χ1n) is 7.77. The number of hydrogen-bond acceptors (Lipinski definition) is 2. The van der Waals surface area contributed by atoms with Gasteiger partial charge in [0.2, 0.25) is 5.91 Å². The molecule has 22 heavy (non-hydrogen) atoms. The summed E-state index contributed by atoms with van der Waals surface area (Å²) < 4.78 is 0. The van der Waals surface area contributed by atoms with Crippen molar-refractivity contribution in [2.45, 2.75) is 25.8 Å². The lowest BCUT2D eigenvalue weighted by Crippen LogP contribution is -2.23. The molecule has 0 aromatic heterocycles. The van der Waals surface area contributed by atoms with Crippen molar-refractivity contribution in [2.75, 3.05) is 13.1 Å². The smallest absolute Gasteiger partial charge is 0.220 e. The van der Waals surface area contributed by atoms with Crippen LogP contribution in [-0.2, 0) is 11.3 Å². The predicted octanol–water partition coefficient (Wildman–Crippen LogP) is 3.27. The minimum absolute atomic E-state index is 0. The molecule has 2 N–H and O–H groups in total. The van der Waals surface area contributed by atoms with Gasteiger partial charge < -0.3 is 10.6 Å². The fourth-order valence-corrected chi connectivity index (χ4v) is 3.02. The molecule has 0 radical (unpaired) electrons. The number of benzene rings is 2. The molecule has 1 heterocycles. The van der Waals surface area contributed by atoms with Crippen molar-refractivity contribution in [1.82, 2.24) is 10.6 Å². The van der Waals surface area contributed by atoms with E-state index >= 15 is 0 Å². The molecule has 118 valence electrons. The molecule has 1 atom stereocenters. The van der Waals surface area contributed by atoms with Crippen LogP contribution in [0.25, 0.3) is 10.8 Å². The van der Waals surface area contributed by atoms with Gasteiger partial charge in [0.25, 0.3) is 0 Å². The summed E-state index contributed by atoms with van der Waals surface area (Å²) >= 11 is 0. The van der Waals surface area contributed by atoms with E-state index in [1.54, 1.807) is 0 Å². The zero-order valence-electron chi connectivity index (χ0n) is 12.7. The summed E-state index contributed by atoms with van der Waals surface area (Å²) in [5, 5.41) is 8.84. The molecule has 1 aliphatic heterocycles. The highest BCUT2D eigenvalue weighted by molar-refractivity contribution is 5.86. The van der Waals surface area contributed by atoms with Gasteiger partial charge in [-0.05, 0) is 48.2 Å². The Kier molecular flexibility index (Phi) is 6.22. The van der Waals surface area contributed by atoms with E-state index in [4.69, 9.17) is 0 Å². The molecule has 3 rings (SSSR count). The molecule has 1 amide bonds. The third-order valence-electron chi connectivity index (χ3n) is 4.30. The maximum atomic E-state index is 12.0. The van der Waals surface area contributed by atoms with E-state index < -0.39 is 0 Å². The Hall–Kier alpha value is -1.58. The average Bonchev–Trinajstić information content (AvgIpc) is 3.04. The molecule has 3 nitrogen and oxygen atoms in total. The van der Waals surface area contributed by atoms with Crippen LogP contribution in [0.3, 0.4) is 0 Å². The first kappa shape index (κ1) is 16.8. The van der Waals surface area contributed by atoms with Gasteiger partial charge in [0.05, 0.1) is 0 Å². The topological polar surface area (TPSA) is 41.1 Å². The lowest BCUT2D eigenvalue weighted by molar-refractivity contribution is -0.121. The van der Waals surface area contributed by atoms with E-state index in [9.17, 15) is 4.79 Å². The number of carbonyl (C=O) groups excluding carboxylic acids is 1. The highest BCUT2D eigenvalue weighted by Gasteiger charge is 2.15. The number of nitrogens with one attached hydrogen (secondary N) is 2. The van der Waals surface area contributed by atoms with Gasteiger partial charge in [-0.25, -0.2) is 0 Å². The van der Waals surface area contributed by atoms with Gasteiger partial charge >= 0.3 is 0 Å². The van der Waals surface area contributed by atoms with Gasteiger partial charge in [-0.2, -0.15) is 0 Å². The minimum atomic E-state index is 0. The van der Waals surface area contributed by atoms with E-state index in [1.165, 1.54) is 22.8 Å².